The molecule has 8 nitrogen and oxygen atoms in total. The van der Waals surface area contributed by atoms with Gasteiger partial charge in [0.25, 0.3) is 0 Å². The maximum Gasteiger partial charge on any atom is 0.230 e. The van der Waals surface area contributed by atoms with Crippen LogP contribution in [-0.4, -0.2) is 40.8 Å². The van der Waals surface area contributed by atoms with Gasteiger partial charge in [-0.25, -0.2) is 0 Å². The first-order valence-electron chi connectivity index (χ1n) is 12.0. The van der Waals surface area contributed by atoms with Gasteiger partial charge in [0, 0.05) is 16.7 Å². The summed E-state index contributed by atoms with van der Waals surface area (Å²) in [6, 6.07) is 11.6. The molecule has 1 aromatic heterocycles. The minimum atomic E-state index is -0.198. The third kappa shape index (κ3) is 4.49. The standard InChI is InChI=1S/C26H31N5O3/c1-33-22-11-8-18(14-23(22)34-2)20-10-9-19(15-21(20)24-28-30-31-29-24)27-25(32)26(12-13-26)16-17-6-4-3-5-7-17/h8-11,14-15,17H,3-7,12-13,16H2,1-2H3,(H,27,32)(H,28,29,30,31). The predicted octanol–water partition coefficient (Wildman–Crippen LogP) is 5.24. The Hall–Kier alpha value is -3.42. The van der Waals surface area contributed by atoms with E-state index in [0.717, 1.165) is 41.6 Å². The van der Waals surface area contributed by atoms with Gasteiger partial charge in [-0.05, 0) is 65.8 Å². The Morgan fingerprint density at radius 1 is 1.03 bits per heavy atom. The van der Waals surface area contributed by atoms with Gasteiger partial charge in [0.2, 0.25) is 11.7 Å². The second kappa shape index (κ2) is 9.44. The lowest BCUT2D eigenvalue weighted by Crippen LogP contribution is -2.27. The monoisotopic (exact) mass is 461 g/mol. The highest BCUT2D eigenvalue weighted by molar-refractivity contribution is 5.98. The molecule has 0 saturated heterocycles. The lowest BCUT2D eigenvalue weighted by atomic mass is 9.81. The summed E-state index contributed by atoms with van der Waals surface area (Å²) >= 11 is 0. The van der Waals surface area contributed by atoms with Gasteiger partial charge in [-0.15, -0.1) is 10.2 Å². The Kier molecular flexibility index (Phi) is 6.22. The fourth-order valence-corrected chi connectivity index (χ4v) is 5.22. The smallest absolute Gasteiger partial charge is 0.230 e. The number of anilines is 1. The van der Waals surface area contributed by atoms with Crippen LogP contribution < -0.4 is 14.8 Å². The van der Waals surface area contributed by atoms with E-state index >= 15 is 0 Å². The number of rotatable bonds is 8. The molecule has 2 aliphatic rings. The zero-order chi connectivity index (χ0) is 23.5. The van der Waals surface area contributed by atoms with Crippen LogP contribution in [-0.2, 0) is 4.79 Å². The Bertz CT molecular complexity index is 1150. The lowest BCUT2D eigenvalue weighted by Gasteiger charge is -2.26. The van der Waals surface area contributed by atoms with Gasteiger partial charge in [-0.1, -0.05) is 44.2 Å². The van der Waals surface area contributed by atoms with Gasteiger partial charge in [0.15, 0.2) is 11.5 Å². The van der Waals surface area contributed by atoms with Crippen LogP contribution in [0.25, 0.3) is 22.5 Å². The van der Waals surface area contributed by atoms with Gasteiger partial charge in [-0.2, -0.15) is 5.21 Å². The molecule has 0 spiro atoms. The van der Waals surface area contributed by atoms with E-state index in [1.54, 1.807) is 14.2 Å². The SMILES string of the molecule is COc1ccc(-c2ccc(NC(=O)C3(CC4CCCCC4)CC3)cc2-c2nn[nH]n2)cc1OC. The van der Waals surface area contributed by atoms with E-state index in [0.29, 0.717) is 23.2 Å². The fraction of sp³-hybridized carbons (Fsp3) is 0.462. The van der Waals surface area contributed by atoms with Crippen LogP contribution in [0.5, 0.6) is 11.5 Å². The lowest BCUT2D eigenvalue weighted by molar-refractivity contribution is -0.121. The normalized spacial score (nSPS) is 17.2. The van der Waals surface area contributed by atoms with E-state index < -0.39 is 0 Å². The fourth-order valence-electron chi connectivity index (χ4n) is 5.22. The van der Waals surface area contributed by atoms with Crippen molar-refractivity contribution in [1.29, 1.82) is 0 Å². The van der Waals surface area contributed by atoms with Gasteiger partial charge < -0.3 is 14.8 Å². The van der Waals surface area contributed by atoms with Crippen molar-refractivity contribution in [3.63, 3.8) is 0 Å². The summed E-state index contributed by atoms with van der Waals surface area (Å²) < 4.78 is 10.9. The minimum absolute atomic E-state index is 0.135. The summed E-state index contributed by atoms with van der Waals surface area (Å²) in [6.45, 7) is 0. The maximum absolute atomic E-state index is 13.3. The molecule has 8 heteroatoms. The van der Waals surface area contributed by atoms with Gasteiger partial charge in [0.1, 0.15) is 0 Å². The number of aromatic nitrogens is 4. The van der Waals surface area contributed by atoms with E-state index in [4.69, 9.17) is 9.47 Å². The van der Waals surface area contributed by atoms with Crippen LogP contribution in [0, 0.1) is 11.3 Å². The molecule has 0 aliphatic heterocycles. The molecule has 2 N–H and O–H groups in total. The van der Waals surface area contributed by atoms with Crippen LogP contribution in [0.4, 0.5) is 5.69 Å². The number of carbonyl (C=O) groups is 1. The number of nitrogens with one attached hydrogen (secondary N) is 2. The number of H-pyrrole nitrogens is 1. The van der Waals surface area contributed by atoms with Crippen molar-refractivity contribution in [3.8, 4) is 34.0 Å². The largest absolute Gasteiger partial charge is 0.493 e. The topological polar surface area (TPSA) is 102 Å². The highest BCUT2D eigenvalue weighted by atomic mass is 16.5. The molecule has 178 valence electrons. The molecule has 5 rings (SSSR count). The highest BCUT2D eigenvalue weighted by Crippen LogP contribution is 2.53. The van der Waals surface area contributed by atoms with Crippen LogP contribution in [0.3, 0.4) is 0 Å². The Balaban J connectivity index is 1.42. The first kappa shape index (κ1) is 22.4. The van der Waals surface area contributed by atoms with Gasteiger partial charge in [-0.3, -0.25) is 4.79 Å². The first-order chi connectivity index (χ1) is 16.6. The van der Waals surface area contributed by atoms with Crippen molar-refractivity contribution >= 4 is 11.6 Å². The number of benzene rings is 2. The third-order valence-corrected chi connectivity index (χ3v) is 7.30. The Morgan fingerprint density at radius 2 is 1.82 bits per heavy atom. The van der Waals surface area contributed by atoms with Gasteiger partial charge in [0.05, 0.1) is 14.2 Å². The number of carbonyl (C=O) groups excluding carboxylic acids is 1. The zero-order valence-corrected chi connectivity index (χ0v) is 19.8. The van der Waals surface area contributed by atoms with E-state index in [1.165, 1.54) is 32.1 Å². The summed E-state index contributed by atoms with van der Waals surface area (Å²) in [6.07, 6.45) is 9.44. The number of methoxy groups -OCH3 is 2. The Morgan fingerprint density at radius 3 is 2.50 bits per heavy atom. The molecule has 2 aliphatic carbocycles. The second-order valence-corrected chi connectivity index (χ2v) is 9.51. The molecule has 2 saturated carbocycles. The second-order valence-electron chi connectivity index (χ2n) is 9.51. The summed E-state index contributed by atoms with van der Waals surface area (Å²) in [7, 11) is 3.22. The van der Waals surface area contributed by atoms with Crippen LogP contribution >= 0.6 is 0 Å². The van der Waals surface area contributed by atoms with Gasteiger partial charge >= 0.3 is 0 Å². The minimum Gasteiger partial charge on any atom is -0.493 e. The average Bonchev–Trinajstić information content (AvgIpc) is 3.45. The van der Waals surface area contributed by atoms with Crippen LogP contribution in [0.15, 0.2) is 36.4 Å². The molecule has 2 fully saturated rings. The Labute approximate surface area is 199 Å². The van der Waals surface area contributed by atoms with Crippen molar-refractivity contribution in [2.75, 3.05) is 19.5 Å². The zero-order valence-electron chi connectivity index (χ0n) is 19.8. The molecule has 0 atom stereocenters. The van der Waals surface area contributed by atoms with Crippen molar-refractivity contribution in [1.82, 2.24) is 20.6 Å². The van der Waals surface area contributed by atoms with Crippen molar-refractivity contribution in [2.45, 2.75) is 51.4 Å². The van der Waals surface area contributed by atoms with E-state index in [1.807, 2.05) is 36.4 Å². The summed E-state index contributed by atoms with van der Waals surface area (Å²) in [4.78, 5) is 13.3. The number of tetrazole rings is 1. The number of nitrogens with zero attached hydrogens (tertiary/aromatic N) is 3. The molecule has 2 aromatic carbocycles. The summed E-state index contributed by atoms with van der Waals surface area (Å²) in [5.41, 5.74) is 3.14. The predicted molar refractivity (Wildman–Crippen MR) is 130 cm³/mol. The number of amides is 1. The maximum atomic E-state index is 13.3. The number of ether oxygens (including phenoxy) is 2. The first-order valence-corrected chi connectivity index (χ1v) is 12.0. The molecule has 1 heterocycles. The molecule has 0 unspecified atom stereocenters. The molecule has 0 radical (unpaired) electrons. The number of hydrogen-bond acceptors (Lipinski definition) is 6. The quantitative estimate of drug-likeness (QED) is 0.476. The van der Waals surface area contributed by atoms with Crippen LogP contribution in [0.1, 0.15) is 51.4 Å². The average molecular weight is 462 g/mol. The summed E-state index contributed by atoms with van der Waals surface area (Å²) in [5.74, 6) is 2.57. The van der Waals surface area contributed by atoms with E-state index in [-0.39, 0.29) is 11.3 Å². The molecule has 1 amide bonds. The van der Waals surface area contributed by atoms with Crippen molar-refractivity contribution in [2.24, 2.45) is 11.3 Å². The molecule has 0 bridgehead atoms. The number of hydrogen-bond donors (Lipinski definition) is 2. The van der Waals surface area contributed by atoms with E-state index in [2.05, 4.69) is 25.9 Å². The molecular formula is C26H31N5O3. The van der Waals surface area contributed by atoms with Crippen LogP contribution in [0.2, 0.25) is 0 Å². The molecule has 34 heavy (non-hydrogen) atoms. The highest BCUT2D eigenvalue weighted by Gasteiger charge is 2.50. The number of aromatic amines is 1. The molecular weight excluding hydrogens is 430 g/mol. The summed E-state index contributed by atoms with van der Waals surface area (Å²) in [5, 5.41) is 17.8. The van der Waals surface area contributed by atoms with E-state index in [9.17, 15) is 4.79 Å². The third-order valence-electron chi connectivity index (χ3n) is 7.30. The van der Waals surface area contributed by atoms with Crippen molar-refractivity contribution < 1.29 is 14.3 Å². The van der Waals surface area contributed by atoms with Crippen molar-refractivity contribution in [3.05, 3.63) is 36.4 Å². The molecule has 3 aromatic rings.